The number of hydrogen-bond donors (Lipinski definition) is 0. The van der Waals surface area contributed by atoms with Crippen molar-refractivity contribution in [2.75, 3.05) is 4.90 Å². The minimum absolute atomic E-state index is 0.334. The fourth-order valence-corrected chi connectivity index (χ4v) is 10.5. The molecule has 1 atom stereocenters. The molecule has 0 amide bonds. The normalized spacial score (nSPS) is 14.2. The summed E-state index contributed by atoms with van der Waals surface area (Å²) in [7, 11) is 0. The maximum Gasteiger partial charge on any atom is 0.0468 e. The van der Waals surface area contributed by atoms with Gasteiger partial charge in [-0.05, 0) is 143 Å². The molecular formula is C62H43N. The first-order chi connectivity index (χ1) is 31.1. The molecule has 12 rings (SSSR count). The molecule has 11 aromatic carbocycles. The summed E-state index contributed by atoms with van der Waals surface area (Å²) in [5.41, 5.74) is 16.9. The molecule has 1 aliphatic carbocycles. The van der Waals surface area contributed by atoms with Crippen molar-refractivity contribution in [2.45, 2.75) is 12.3 Å². The van der Waals surface area contributed by atoms with E-state index < -0.39 is 0 Å². The van der Waals surface area contributed by atoms with Crippen LogP contribution in [0.5, 0.6) is 0 Å². The van der Waals surface area contributed by atoms with Crippen LogP contribution >= 0.6 is 0 Å². The highest BCUT2D eigenvalue weighted by atomic mass is 15.1. The molecule has 296 valence electrons. The zero-order valence-corrected chi connectivity index (χ0v) is 35.0. The molecule has 0 spiro atoms. The SMILES string of the molecule is CC1(c2ccccc2)c2ccccc2-c2ccc(N(c3ccc4cc(-c5ccccc5)ccc4c3)c3ccc4c(c3)c(-c3ccccc3)c(-c3ccccc3)c3ccccc34)cc21. The molecule has 0 fully saturated rings. The Bertz CT molecular complexity index is 3500. The van der Waals surface area contributed by atoms with Crippen LogP contribution < -0.4 is 4.90 Å². The van der Waals surface area contributed by atoms with Crippen molar-refractivity contribution in [2.24, 2.45) is 0 Å². The van der Waals surface area contributed by atoms with Crippen molar-refractivity contribution in [1.82, 2.24) is 0 Å². The molecule has 0 radical (unpaired) electrons. The lowest BCUT2D eigenvalue weighted by Crippen LogP contribution is -2.22. The van der Waals surface area contributed by atoms with E-state index in [4.69, 9.17) is 0 Å². The van der Waals surface area contributed by atoms with Gasteiger partial charge in [0.15, 0.2) is 0 Å². The predicted molar refractivity (Wildman–Crippen MR) is 267 cm³/mol. The van der Waals surface area contributed by atoms with Crippen LogP contribution in [0.1, 0.15) is 23.6 Å². The standard InChI is InChI=1S/C62H43N/c1-62(48-24-12-5-13-25-48)58-29-17-16-27-54(58)55-37-35-51(41-59(55)62)63(49-33-32-46-38-45(30-31-47(46)39-49)42-18-6-2-7-19-42)50-34-36-53-52-26-14-15-28-56(52)60(43-20-8-3-9-21-43)61(57(53)40-50)44-22-10-4-11-23-44/h2-41H,1H3. The zero-order chi connectivity index (χ0) is 41.9. The summed E-state index contributed by atoms with van der Waals surface area (Å²) in [5.74, 6) is 0. The Morgan fingerprint density at radius 2 is 0.794 bits per heavy atom. The third-order valence-corrected chi connectivity index (χ3v) is 13.5. The van der Waals surface area contributed by atoms with Gasteiger partial charge in [-0.25, -0.2) is 0 Å². The van der Waals surface area contributed by atoms with Crippen LogP contribution in [-0.4, -0.2) is 0 Å². The van der Waals surface area contributed by atoms with E-state index in [2.05, 4.69) is 254 Å². The Balaban J connectivity index is 1.13. The molecule has 0 saturated carbocycles. The smallest absolute Gasteiger partial charge is 0.0468 e. The summed E-state index contributed by atoms with van der Waals surface area (Å²) in [5, 5.41) is 7.37. The van der Waals surface area contributed by atoms with Gasteiger partial charge in [-0.1, -0.05) is 200 Å². The highest BCUT2D eigenvalue weighted by Crippen LogP contribution is 2.54. The number of hydrogen-bond acceptors (Lipinski definition) is 1. The molecule has 1 heteroatoms. The van der Waals surface area contributed by atoms with Gasteiger partial charge in [-0.15, -0.1) is 0 Å². The monoisotopic (exact) mass is 801 g/mol. The maximum atomic E-state index is 2.48. The van der Waals surface area contributed by atoms with Crippen LogP contribution in [0.3, 0.4) is 0 Å². The number of benzene rings is 11. The second-order valence-electron chi connectivity index (χ2n) is 17.0. The van der Waals surface area contributed by atoms with Crippen molar-refractivity contribution in [1.29, 1.82) is 0 Å². The Hall–Kier alpha value is -8.00. The van der Waals surface area contributed by atoms with Crippen molar-refractivity contribution >= 4 is 49.4 Å². The molecule has 0 saturated heterocycles. The number of fused-ring (bicyclic) bond motifs is 7. The summed E-state index contributed by atoms with van der Waals surface area (Å²) in [4.78, 5) is 2.48. The van der Waals surface area contributed by atoms with Crippen molar-refractivity contribution in [3.63, 3.8) is 0 Å². The van der Waals surface area contributed by atoms with Gasteiger partial charge in [0.2, 0.25) is 0 Å². The lowest BCUT2D eigenvalue weighted by Gasteiger charge is -2.31. The molecule has 1 aliphatic rings. The molecule has 0 heterocycles. The van der Waals surface area contributed by atoms with Crippen LogP contribution in [0.2, 0.25) is 0 Å². The Kier molecular flexibility index (Phi) is 8.69. The quantitative estimate of drug-likeness (QED) is 0.145. The van der Waals surface area contributed by atoms with E-state index >= 15 is 0 Å². The maximum absolute atomic E-state index is 2.48. The van der Waals surface area contributed by atoms with Gasteiger partial charge in [-0.2, -0.15) is 0 Å². The first kappa shape index (κ1) is 36.8. The van der Waals surface area contributed by atoms with Crippen molar-refractivity contribution in [3.8, 4) is 44.5 Å². The van der Waals surface area contributed by atoms with E-state index in [1.54, 1.807) is 0 Å². The molecular weight excluding hydrogens is 759 g/mol. The molecule has 0 N–H and O–H groups in total. The van der Waals surface area contributed by atoms with Gasteiger partial charge in [0.25, 0.3) is 0 Å². The average Bonchev–Trinajstić information content (AvgIpc) is 3.62. The number of anilines is 3. The van der Waals surface area contributed by atoms with E-state index in [9.17, 15) is 0 Å². The highest BCUT2D eigenvalue weighted by Gasteiger charge is 2.41. The van der Waals surface area contributed by atoms with Gasteiger partial charge in [0, 0.05) is 22.5 Å². The summed E-state index contributed by atoms with van der Waals surface area (Å²) in [6, 6.07) is 89.5. The molecule has 0 aromatic heterocycles. The van der Waals surface area contributed by atoms with Gasteiger partial charge in [0.05, 0.1) is 0 Å². The van der Waals surface area contributed by atoms with Crippen molar-refractivity contribution in [3.05, 3.63) is 259 Å². The topological polar surface area (TPSA) is 3.24 Å². The minimum atomic E-state index is -0.334. The highest BCUT2D eigenvalue weighted by molar-refractivity contribution is 6.22. The summed E-state index contributed by atoms with van der Waals surface area (Å²) in [6.07, 6.45) is 0. The van der Waals surface area contributed by atoms with E-state index in [0.717, 1.165) is 17.1 Å². The minimum Gasteiger partial charge on any atom is -0.310 e. The molecule has 0 bridgehead atoms. The molecule has 11 aromatic rings. The third-order valence-electron chi connectivity index (χ3n) is 13.5. The van der Waals surface area contributed by atoms with Crippen LogP contribution in [0.15, 0.2) is 243 Å². The van der Waals surface area contributed by atoms with E-state index in [0.29, 0.717) is 0 Å². The Labute approximate surface area is 368 Å². The summed E-state index contributed by atoms with van der Waals surface area (Å²) >= 11 is 0. The fourth-order valence-electron chi connectivity index (χ4n) is 10.5. The van der Waals surface area contributed by atoms with Crippen LogP contribution in [-0.2, 0) is 5.41 Å². The Morgan fingerprint density at radius 3 is 1.52 bits per heavy atom. The van der Waals surface area contributed by atoms with E-state index in [1.807, 2.05) is 0 Å². The fraction of sp³-hybridized carbons (Fsp3) is 0.0323. The largest absolute Gasteiger partial charge is 0.310 e. The average molecular weight is 802 g/mol. The lowest BCUT2D eigenvalue weighted by molar-refractivity contribution is 0.714. The van der Waals surface area contributed by atoms with Crippen LogP contribution in [0.25, 0.3) is 76.8 Å². The van der Waals surface area contributed by atoms with E-state index in [-0.39, 0.29) is 5.41 Å². The molecule has 63 heavy (non-hydrogen) atoms. The van der Waals surface area contributed by atoms with Crippen LogP contribution in [0, 0.1) is 0 Å². The first-order valence-electron chi connectivity index (χ1n) is 21.9. The van der Waals surface area contributed by atoms with Crippen molar-refractivity contribution < 1.29 is 0 Å². The molecule has 1 unspecified atom stereocenters. The third kappa shape index (κ3) is 6.00. The van der Waals surface area contributed by atoms with Gasteiger partial charge >= 0.3 is 0 Å². The van der Waals surface area contributed by atoms with Crippen LogP contribution in [0.4, 0.5) is 17.1 Å². The van der Waals surface area contributed by atoms with Gasteiger partial charge in [0.1, 0.15) is 0 Å². The summed E-state index contributed by atoms with van der Waals surface area (Å²) < 4.78 is 0. The Morgan fingerprint density at radius 1 is 0.302 bits per heavy atom. The second kappa shape index (κ2) is 14.9. The van der Waals surface area contributed by atoms with Gasteiger partial charge < -0.3 is 4.90 Å². The van der Waals surface area contributed by atoms with E-state index in [1.165, 1.54) is 93.5 Å². The number of nitrogens with zero attached hydrogens (tertiary/aromatic N) is 1. The predicted octanol–water partition coefficient (Wildman–Crippen LogP) is 17.0. The molecule has 0 aliphatic heterocycles. The number of rotatable bonds is 7. The second-order valence-corrected chi connectivity index (χ2v) is 17.0. The molecule has 1 nitrogen and oxygen atoms in total. The first-order valence-corrected chi connectivity index (χ1v) is 21.9. The zero-order valence-electron chi connectivity index (χ0n) is 35.0. The van der Waals surface area contributed by atoms with Gasteiger partial charge in [-0.3, -0.25) is 0 Å². The summed E-state index contributed by atoms with van der Waals surface area (Å²) in [6.45, 7) is 2.40. The lowest BCUT2D eigenvalue weighted by atomic mass is 9.74.